The fourth-order valence-electron chi connectivity index (χ4n) is 1.34. The lowest BCUT2D eigenvalue weighted by molar-refractivity contribution is -0.174. The number of ketones is 1. The highest BCUT2D eigenvalue weighted by atomic mass is 16.6. The predicted molar refractivity (Wildman–Crippen MR) is 54.4 cm³/mol. The summed E-state index contributed by atoms with van der Waals surface area (Å²) in [6.07, 6.45) is -1.80. The lowest BCUT2D eigenvalue weighted by Gasteiger charge is -2.29. The molecule has 0 aromatic heterocycles. The number of carbonyl (C=O) groups excluding carboxylic acids is 3. The molecule has 0 spiro atoms. The fourth-order valence-corrected chi connectivity index (χ4v) is 1.34. The molecule has 0 radical (unpaired) electrons. The first-order chi connectivity index (χ1) is 8.20. The van der Waals surface area contributed by atoms with Gasteiger partial charge in [-0.05, 0) is 6.92 Å². The summed E-state index contributed by atoms with van der Waals surface area (Å²) in [5.41, 5.74) is -2.45. The highest BCUT2D eigenvalue weighted by Crippen LogP contribution is 2.29. The summed E-state index contributed by atoms with van der Waals surface area (Å²) in [7, 11) is 0. The maximum Gasteiger partial charge on any atom is 0.378 e. The minimum absolute atomic E-state index is 0.772. The number of carbonyl (C=O) groups is 3. The number of rotatable bonds is 4. The average Bonchev–Trinajstić information content (AvgIpc) is 2.54. The van der Waals surface area contributed by atoms with Gasteiger partial charge in [0.2, 0.25) is 17.5 Å². The third-order valence-electron chi connectivity index (χ3n) is 2.45. The third-order valence-corrected chi connectivity index (χ3v) is 2.45. The van der Waals surface area contributed by atoms with E-state index in [0.717, 1.165) is 13.8 Å². The van der Waals surface area contributed by atoms with E-state index in [0.29, 0.717) is 0 Å². The number of cyclic esters (lactones) is 1. The lowest BCUT2D eigenvalue weighted by atomic mass is 9.92. The monoisotopic (exact) mass is 260 g/mol. The van der Waals surface area contributed by atoms with Crippen molar-refractivity contribution in [2.24, 2.45) is 0 Å². The molecule has 1 rings (SSSR count). The fraction of sp³-hybridized carbons (Fsp3) is 0.500. The number of Topliss-reactive ketones (excluding diaryl/α,β-unsaturated/α-hetero) is 1. The normalized spacial score (nSPS) is 22.4. The van der Waals surface area contributed by atoms with Crippen molar-refractivity contribution in [1.82, 2.24) is 0 Å². The van der Waals surface area contributed by atoms with E-state index in [1.807, 2.05) is 0 Å². The van der Waals surface area contributed by atoms with E-state index in [4.69, 9.17) is 5.11 Å². The Morgan fingerprint density at radius 3 is 2.28 bits per heavy atom. The molecule has 0 fully saturated rings. The molecule has 3 N–H and O–H groups in total. The van der Waals surface area contributed by atoms with Gasteiger partial charge < -0.3 is 24.8 Å². The molecule has 0 aromatic carbocycles. The Morgan fingerprint density at radius 1 is 1.39 bits per heavy atom. The van der Waals surface area contributed by atoms with Gasteiger partial charge in [0.15, 0.2) is 11.5 Å². The second-order valence-corrected chi connectivity index (χ2v) is 3.78. The van der Waals surface area contributed by atoms with Crippen molar-refractivity contribution in [2.75, 3.05) is 6.61 Å². The summed E-state index contributed by atoms with van der Waals surface area (Å²) in [4.78, 5) is 33.0. The average molecular weight is 260 g/mol. The quantitative estimate of drug-likeness (QED) is 0.555. The Bertz CT molecular complexity index is 437. The van der Waals surface area contributed by atoms with Gasteiger partial charge in [0.1, 0.15) is 6.61 Å². The Kier molecular flexibility index (Phi) is 3.61. The molecule has 1 aliphatic rings. The summed E-state index contributed by atoms with van der Waals surface area (Å²) in [5, 5.41) is 28.5. The first-order valence-electron chi connectivity index (χ1n) is 4.90. The van der Waals surface area contributed by atoms with Gasteiger partial charge in [0.25, 0.3) is 0 Å². The number of ether oxygens (including phenoxy) is 2. The molecule has 0 unspecified atom stereocenters. The second kappa shape index (κ2) is 4.65. The van der Waals surface area contributed by atoms with E-state index in [1.54, 1.807) is 0 Å². The van der Waals surface area contributed by atoms with E-state index < -0.39 is 47.6 Å². The number of aliphatic hydroxyl groups is 3. The van der Waals surface area contributed by atoms with Crippen molar-refractivity contribution in [3.05, 3.63) is 11.5 Å². The van der Waals surface area contributed by atoms with Crippen molar-refractivity contribution in [3.63, 3.8) is 0 Å². The maximum absolute atomic E-state index is 11.4. The van der Waals surface area contributed by atoms with Crippen molar-refractivity contribution in [1.29, 1.82) is 0 Å². The van der Waals surface area contributed by atoms with E-state index in [2.05, 4.69) is 9.47 Å². The zero-order chi connectivity index (χ0) is 14.1. The Morgan fingerprint density at radius 2 is 1.94 bits per heavy atom. The minimum Gasteiger partial charge on any atom is -0.505 e. The third kappa shape index (κ3) is 2.28. The molecule has 0 saturated heterocycles. The van der Waals surface area contributed by atoms with Gasteiger partial charge in [0, 0.05) is 6.92 Å². The molecule has 2 atom stereocenters. The largest absolute Gasteiger partial charge is 0.505 e. The van der Waals surface area contributed by atoms with Crippen LogP contribution in [0.15, 0.2) is 11.5 Å². The van der Waals surface area contributed by atoms with Crippen LogP contribution in [-0.4, -0.2) is 51.4 Å². The lowest BCUT2D eigenvalue weighted by Crippen LogP contribution is -2.53. The highest BCUT2D eigenvalue weighted by Gasteiger charge is 2.53. The zero-order valence-corrected chi connectivity index (χ0v) is 9.67. The molecular formula is C10H12O8. The van der Waals surface area contributed by atoms with Crippen molar-refractivity contribution >= 4 is 17.7 Å². The van der Waals surface area contributed by atoms with Crippen LogP contribution in [0.4, 0.5) is 0 Å². The van der Waals surface area contributed by atoms with Crippen LogP contribution in [0.3, 0.4) is 0 Å². The molecule has 1 heterocycles. The van der Waals surface area contributed by atoms with E-state index in [1.165, 1.54) is 0 Å². The zero-order valence-electron chi connectivity index (χ0n) is 9.67. The standard InChI is InChI=1S/C10H12O8/c1-4(11)10(16,3-17-5(2)12)8-6(13)7(14)9(15)18-8/h8,13-14,16H,3H2,1-2H3/t8-,10+/m0/s1. The molecule has 0 saturated carbocycles. The van der Waals surface area contributed by atoms with E-state index >= 15 is 0 Å². The highest BCUT2D eigenvalue weighted by molar-refractivity contribution is 5.92. The van der Waals surface area contributed by atoms with Gasteiger partial charge in [-0.15, -0.1) is 0 Å². The van der Waals surface area contributed by atoms with Crippen LogP contribution in [-0.2, 0) is 23.9 Å². The van der Waals surface area contributed by atoms with Crippen molar-refractivity contribution < 1.29 is 39.2 Å². The smallest absolute Gasteiger partial charge is 0.378 e. The summed E-state index contributed by atoms with van der Waals surface area (Å²) in [6.45, 7) is 1.20. The van der Waals surface area contributed by atoms with Crippen LogP contribution in [0.25, 0.3) is 0 Å². The number of hydrogen-bond donors (Lipinski definition) is 3. The molecule has 0 aromatic rings. The van der Waals surface area contributed by atoms with Crippen LogP contribution >= 0.6 is 0 Å². The van der Waals surface area contributed by atoms with E-state index in [-0.39, 0.29) is 0 Å². The molecule has 100 valence electrons. The van der Waals surface area contributed by atoms with Gasteiger partial charge in [-0.1, -0.05) is 0 Å². The first-order valence-corrected chi connectivity index (χ1v) is 4.90. The summed E-state index contributed by atoms with van der Waals surface area (Å²) >= 11 is 0. The first kappa shape index (κ1) is 14.0. The summed E-state index contributed by atoms with van der Waals surface area (Å²) in [6, 6.07) is 0. The van der Waals surface area contributed by atoms with E-state index in [9.17, 15) is 24.6 Å². The maximum atomic E-state index is 11.4. The van der Waals surface area contributed by atoms with Crippen LogP contribution in [0, 0.1) is 0 Å². The van der Waals surface area contributed by atoms with Crippen LogP contribution < -0.4 is 0 Å². The second-order valence-electron chi connectivity index (χ2n) is 3.78. The Hall–Kier alpha value is -2.09. The van der Waals surface area contributed by atoms with Crippen LogP contribution in [0.5, 0.6) is 0 Å². The number of esters is 2. The number of aliphatic hydroxyl groups excluding tert-OH is 2. The Balaban J connectivity index is 3.04. The molecule has 18 heavy (non-hydrogen) atoms. The van der Waals surface area contributed by atoms with Gasteiger partial charge in [-0.25, -0.2) is 4.79 Å². The minimum atomic E-state index is -2.45. The van der Waals surface area contributed by atoms with Gasteiger partial charge in [0.05, 0.1) is 0 Å². The Labute approximate surface area is 101 Å². The van der Waals surface area contributed by atoms with Crippen molar-refractivity contribution in [2.45, 2.75) is 25.6 Å². The van der Waals surface area contributed by atoms with Crippen LogP contribution in [0.2, 0.25) is 0 Å². The summed E-state index contributed by atoms with van der Waals surface area (Å²) < 4.78 is 8.95. The molecular weight excluding hydrogens is 248 g/mol. The van der Waals surface area contributed by atoms with Crippen LogP contribution in [0.1, 0.15) is 13.8 Å². The topological polar surface area (TPSA) is 130 Å². The molecule has 8 heteroatoms. The van der Waals surface area contributed by atoms with Crippen molar-refractivity contribution in [3.8, 4) is 0 Å². The molecule has 1 aliphatic heterocycles. The van der Waals surface area contributed by atoms with Gasteiger partial charge >= 0.3 is 11.9 Å². The molecule has 8 nitrogen and oxygen atoms in total. The molecule has 0 amide bonds. The molecule has 0 aliphatic carbocycles. The van der Waals surface area contributed by atoms with Gasteiger partial charge in [-0.3, -0.25) is 9.59 Å². The summed E-state index contributed by atoms with van der Waals surface area (Å²) in [5.74, 6) is -5.03. The molecule has 0 bridgehead atoms. The SMILES string of the molecule is CC(=O)OC[C@@](O)(C(C)=O)[C@H]1OC(=O)C(O)=C1O. The van der Waals surface area contributed by atoms with Gasteiger partial charge in [-0.2, -0.15) is 0 Å². The predicted octanol–water partition coefficient (Wildman–Crippen LogP) is -0.877. The number of hydrogen-bond acceptors (Lipinski definition) is 8.